The Balaban J connectivity index is 1.94. The third-order valence-electron chi connectivity index (χ3n) is 3.10. The molecule has 1 amide bonds. The van der Waals surface area contributed by atoms with Gasteiger partial charge in [0.1, 0.15) is 5.75 Å². The van der Waals surface area contributed by atoms with Crippen LogP contribution in [0.15, 0.2) is 42.5 Å². The summed E-state index contributed by atoms with van der Waals surface area (Å²) in [5.41, 5.74) is 8.65. The summed E-state index contributed by atoms with van der Waals surface area (Å²) in [5.74, 6) is 0.277. The maximum Gasteiger partial charge on any atom is 0.262 e. The van der Waals surface area contributed by atoms with Crippen molar-refractivity contribution in [3.63, 3.8) is 0 Å². The monoisotopic (exact) mass is 286 g/mol. The molecule has 0 aliphatic rings. The number of nitrogen functional groups attached to an aromatic ring is 1. The molecule has 0 radical (unpaired) electrons. The number of aliphatic hydroxyl groups is 1. The van der Waals surface area contributed by atoms with Gasteiger partial charge in [-0.3, -0.25) is 4.79 Å². The molecule has 0 saturated heterocycles. The van der Waals surface area contributed by atoms with Crippen molar-refractivity contribution in [2.75, 3.05) is 17.7 Å². The number of ether oxygens (including phenoxy) is 1. The summed E-state index contributed by atoms with van der Waals surface area (Å²) in [6.07, 6.45) is 0. The molecule has 2 aromatic carbocycles. The van der Waals surface area contributed by atoms with Crippen LogP contribution in [0.3, 0.4) is 0 Å². The number of carbonyl (C=O) groups is 1. The fraction of sp³-hybridized carbons (Fsp3) is 0.188. The Morgan fingerprint density at radius 3 is 2.81 bits per heavy atom. The van der Waals surface area contributed by atoms with Gasteiger partial charge in [-0.15, -0.1) is 0 Å². The number of benzene rings is 2. The molecule has 5 nitrogen and oxygen atoms in total. The molecule has 2 rings (SSSR count). The van der Waals surface area contributed by atoms with Crippen LogP contribution in [-0.4, -0.2) is 17.6 Å². The first kappa shape index (κ1) is 14.9. The highest BCUT2D eigenvalue weighted by Crippen LogP contribution is 2.20. The van der Waals surface area contributed by atoms with Gasteiger partial charge in [0.25, 0.3) is 5.91 Å². The number of rotatable bonds is 5. The minimum Gasteiger partial charge on any atom is -0.484 e. The second kappa shape index (κ2) is 6.76. The van der Waals surface area contributed by atoms with Gasteiger partial charge in [-0.1, -0.05) is 18.2 Å². The molecular weight excluding hydrogens is 268 g/mol. The standard InChI is InChI=1S/C16H18N2O3/c1-11-14(17)6-3-7-15(11)18-16(20)10-21-13-5-2-4-12(8-13)9-19/h2-8,19H,9-10,17H2,1H3,(H,18,20). The van der Waals surface area contributed by atoms with E-state index in [2.05, 4.69) is 5.32 Å². The van der Waals surface area contributed by atoms with Crippen molar-refractivity contribution in [3.05, 3.63) is 53.6 Å². The number of nitrogens with one attached hydrogen (secondary N) is 1. The molecule has 0 aromatic heterocycles. The number of aliphatic hydroxyl groups excluding tert-OH is 1. The zero-order valence-corrected chi connectivity index (χ0v) is 11.8. The van der Waals surface area contributed by atoms with Crippen molar-refractivity contribution < 1.29 is 14.6 Å². The number of nitrogens with two attached hydrogens (primary N) is 1. The van der Waals surface area contributed by atoms with Crippen LogP contribution in [0.1, 0.15) is 11.1 Å². The molecule has 0 atom stereocenters. The summed E-state index contributed by atoms with van der Waals surface area (Å²) >= 11 is 0. The molecule has 0 saturated carbocycles. The Hall–Kier alpha value is -2.53. The lowest BCUT2D eigenvalue weighted by Crippen LogP contribution is -2.20. The van der Waals surface area contributed by atoms with Crippen molar-refractivity contribution in [1.29, 1.82) is 0 Å². The zero-order chi connectivity index (χ0) is 15.2. The van der Waals surface area contributed by atoms with E-state index in [-0.39, 0.29) is 19.1 Å². The van der Waals surface area contributed by atoms with Crippen molar-refractivity contribution in [2.24, 2.45) is 0 Å². The van der Waals surface area contributed by atoms with Crippen molar-refractivity contribution in [1.82, 2.24) is 0 Å². The minimum atomic E-state index is -0.266. The van der Waals surface area contributed by atoms with Gasteiger partial charge < -0.3 is 20.9 Å². The van der Waals surface area contributed by atoms with Crippen LogP contribution >= 0.6 is 0 Å². The topological polar surface area (TPSA) is 84.6 Å². The van der Waals surface area contributed by atoms with E-state index in [0.717, 1.165) is 11.1 Å². The molecule has 0 unspecified atom stereocenters. The number of hydrogen-bond donors (Lipinski definition) is 3. The lowest BCUT2D eigenvalue weighted by molar-refractivity contribution is -0.118. The largest absolute Gasteiger partial charge is 0.484 e. The summed E-state index contributed by atoms with van der Waals surface area (Å²) in [5, 5.41) is 11.8. The normalized spacial score (nSPS) is 10.2. The molecule has 5 heteroatoms. The maximum absolute atomic E-state index is 11.9. The highest BCUT2D eigenvalue weighted by Gasteiger charge is 2.07. The van der Waals surface area contributed by atoms with E-state index >= 15 is 0 Å². The van der Waals surface area contributed by atoms with Gasteiger partial charge in [0.05, 0.1) is 6.61 Å². The molecule has 2 aromatic rings. The lowest BCUT2D eigenvalue weighted by Gasteiger charge is -2.11. The maximum atomic E-state index is 11.9. The fourth-order valence-corrected chi connectivity index (χ4v) is 1.86. The summed E-state index contributed by atoms with van der Waals surface area (Å²) in [7, 11) is 0. The van der Waals surface area contributed by atoms with Crippen LogP contribution in [-0.2, 0) is 11.4 Å². The number of anilines is 2. The number of hydrogen-bond acceptors (Lipinski definition) is 4. The fourth-order valence-electron chi connectivity index (χ4n) is 1.86. The van der Waals surface area contributed by atoms with Gasteiger partial charge in [-0.05, 0) is 42.3 Å². The first-order valence-corrected chi connectivity index (χ1v) is 6.57. The third kappa shape index (κ3) is 3.97. The quantitative estimate of drug-likeness (QED) is 0.735. The van der Waals surface area contributed by atoms with Crippen molar-refractivity contribution in [2.45, 2.75) is 13.5 Å². The molecule has 0 aliphatic carbocycles. The van der Waals surface area contributed by atoms with E-state index in [9.17, 15) is 4.79 Å². The van der Waals surface area contributed by atoms with Gasteiger partial charge in [0, 0.05) is 11.4 Å². The van der Waals surface area contributed by atoms with E-state index in [1.807, 2.05) is 6.92 Å². The van der Waals surface area contributed by atoms with Gasteiger partial charge in [0.2, 0.25) is 0 Å². The SMILES string of the molecule is Cc1c(N)cccc1NC(=O)COc1cccc(CO)c1. The Morgan fingerprint density at radius 2 is 2.05 bits per heavy atom. The predicted molar refractivity (Wildman–Crippen MR) is 82.1 cm³/mol. The van der Waals surface area contributed by atoms with Gasteiger partial charge >= 0.3 is 0 Å². The third-order valence-corrected chi connectivity index (χ3v) is 3.10. The molecule has 0 fully saturated rings. The molecule has 110 valence electrons. The Labute approximate surface area is 123 Å². The van der Waals surface area contributed by atoms with Gasteiger partial charge in [-0.2, -0.15) is 0 Å². The Morgan fingerprint density at radius 1 is 1.29 bits per heavy atom. The van der Waals surface area contributed by atoms with E-state index in [1.165, 1.54) is 0 Å². The molecule has 21 heavy (non-hydrogen) atoms. The molecule has 4 N–H and O–H groups in total. The van der Waals surface area contributed by atoms with E-state index in [4.69, 9.17) is 15.6 Å². The van der Waals surface area contributed by atoms with Crippen molar-refractivity contribution in [3.8, 4) is 5.75 Å². The van der Waals surface area contributed by atoms with Crippen LogP contribution in [0.5, 0.6) is 5.75 Å². The second-order valence-electron chi connectivity index (χ2n) is 4.66. The van der Waals surface area contributed by atoms with Crippen LogP contribution in [0.2, 0.25) is 0 Å². The first-order chi connectivity index (χ1) is 10.1. The summed E-state index contributed by atoms with van der Waals surface area (Å²) in [6, 6.07) is 12.3. The van der Waals surface area contributed by atoms with Crippen LogP contribution in [0.4, 0.5) is 11.4 Å². The highest BCUT2D eigenvalue weighted by molar-refractivity contribution is 5.93. The average molecular weight is 286 g/mol. The molecule has 0 spiro atoms. The van der Waals surface area contributed by atoms with E-state index in [0.29, 0.717) is 17.1 Å². The van der Waals surface area contributed by atoms with Gasteiger partial charge in [0.15, 0.2) is 6.61 Å². The smallest absolute Gasteiger partial charge is 0.262 e. The number of amides is 1. The van der Waals surface area contributed by atoms with Crippen LogP contribution in [0.25, 0.3) is 0 Å². The average Bonchev–Trinajstić information content (AvgIpc) is 2.50. The Bertz CT molecular complexity index is 641. The summed E-state index contributed by atoms with van der Waals surface area (Å²) < 4.78 is 5.40. The van der Waals surface area contributed by atoms with Gasteiger partial charge in [-0.25, -0.2) is 0 Å². The van der Waals surface area contributed by atoms with E-state index in [1.54, 1.807) is 42.5 Å². The molecule has 0 aliphatic heterocycles. The predicted octanol–water partition coefficient (Wildman–Crippen LogP) is 2.09. The highest BCUT2D eigenvalue weighted by atomic mass is 16.5. The zero-order valence-electron chi connectivity index (χ0n) is 11.8. The minimum absolute atomic E-state index is 0.0636. The van der Waals surface area contributed by atoms with E-state index < -0.39 is 0 Å². The molecular formula is C16H18N2O3. The second-order valence-corrected chi connectivity index (χ2v) is 4.66. The Kier molecular flexibility index (Phi) is 4.79. The van der Waals surface area contributed by atoms with Crippen molar-refractivity contribution >= 4 is 17.3 Å². The molecule has 0 heterocycles. The number of carbonyl (C=O) groups excluding carboxylic acids is 1. The summed E-state index contributed by atoms with van der Waals surface area (Å²) in [6.45, 7) is 1.67. The van der Waals surface area contributed by atoms with Crippen LogP contribution < -0.4 is 15.8 Å². The van der Waals surface area contributed by atoms with Crippen LogP contribution in [0, 0.1) is 6.92 Å². The lowest BCUT2D eigenvalue weighted by atomic mass is 10.1. The first-order valence-electron chi connectivity index (χ1n) is 6.57. The molecule has 0 bridgehead atoms. The summed E-state index contributed by atoms with van der Waals surface area (Å²) in [4.78, 5) is 11.9.